The average molecular weight is 573 g/mol. The molecular formula is C25H20BrF3N6O2. The molecular weight excluding hydrogens is 553 g/mol. The number of nitrogens with one attached hydrogen (secondary N) is 1. The third kappa shape index (κ3) is 6.15. The summed E-state index contributed by atoms with van der Waals surface area (Å²) in [5, 5.41) is 6.86. The van der Waals surface area contributed by atoms with Crippen molar-refractivity contribution in [2.24, 2.45) is 5.73 Å². The van der Waals surface area contributed by atoms with Crippen LogP contribution < -0.4 is 16.8 Å². The average Bonchev–Trinajstić information content (AvgIpc) is 3.14. The summed E-state index contributed by atoms with van der Waals surface area (Å²) in [5.41, 5.74) is 12.2. The number of nitrogens with two attached hydrogens (primary N) is 2. The molecule has 12 heteroatoms. The Morgan fingerprint density at radius 2 is 1.81 bits per heavy atom. The van der Waals surface area contributed by atoms with Crippen molar-refractivity contribution in [2.45, 2.75) is 19.0 Å². The van der Waals surface area contributed by atoms with Gasteiger partial charge in [0.2, 0.25) is 5.91 Å². The minimum Gasteiger partial charge on any atom is -0.381 e. The molecule has 0 saturated heterocycles. The summed E-state index contributed by atoms with van der Waals surface area (Å²) in [6, 6.07) is 9.28. The number of nitrogens with zero attached hydrogens (tertiary/aromatic N) is 3. The fourth-order valence-electron chi connectivity index (χ4n) is 3.88. The molecule has 37 heavy (non-hydrogen) atoms. The number of pyridine rings is 1. The van der Waals surface area contributed by atoms with Crippen LogP contribution in [-0.2, 0) is 17.8 Å². The smallest absolute Gasteiger partial charge is 0.251 e. The minimum absolute atomic E-state index is 0.0285. The van der Waals surface area contributed by atoms with E-state index < -0.39 is 35.3 Å². The Labute approximate surface area is 217 Å². The molecule has 0 aliphatic carbocycles. The van der Waals surface area contributed by atoms with Crippen LogP contribution in [-0.4, -0.2) is 26.6 Å². The van der Waals surface area contributed by atoms with E-state index in [4.69, 9.17) is 11.5 Å². The summed E-state index contributed by atoms with van der Waals surface area (Å²) in [4.78, 5) is 29.1. The Bertz CT molecular complexity index is 1450. The number of halogens is 4. The predicted octanol–water partition coefficient (Wildman–Crippen LogP) is 3.91. The topological polar surface area (TPSA) is 129 Å². The highest BCUT2D eigenvalue weighted by Gasteiger charge is 2.23. The number of carbonyl (C=O) groups excluding carboxylic acids is 2. The highest BCUT2D eigenvalue weighted by molar-refractivity contribution is 9.10. The zero-order valence-corrected chi connectivity index (χ0v) is 20.7. The molecule has 2 aromatic carbocycles. The van der Waals surface area contributed by atoms with Gasteiger partial charge in [-0.3, -0.25) is 19.3 Å². The molecule has 5 N–H and O–H groups in total. The molecule has 4 rings (SSSR count). The van der Waals surface area contributed by atoms with E-state index in [2.05, 4.69) is 31.3 Å². The van der Waals surface area contributed by atoms with Crippen LogP contribution >= 0.6 is 15.9 Å². The van der Waals surface area contributed by atoms with Crippen LogP contribution in [0.4, 0.5) is 19.0 Å². The Balaban J connectivity index is 1.74. The number of anilines is 1. The molecule has 8 nitrogen and oxygen atoms in total. The first-order valence-electron chi connectivity index (χ1n) is 10.9. The summed E-state index contributed by atoms with van der Waals surface area (Å²) in [7, 11) is 0. The van der Waals surface area contributed by atoms with E-state index in [-0.39, 0.29) is 29.9 Å². The number of rotatable bonds is 8. The normalized spacial score (nSPS) is 11.8. The minimum atomic E-state index is -0.950. The molecule has 190 valence electrons. The van der Waals surface area contributed by atoms with Crippen LogP contribution in [0.3, 0.4) is 0 Å². The highest BCUT2D eigenvalue weighted by atomic mass is 79.9. The van der Waals surface area contributed by atoms with Crippen LogP contribution in [0.25, 0.3) is 11.1 Å². The third-order valence-corrected chi connectivity index (χ3v) is 6.07. The Hall–Kier alpha value is -4.19. The van der Waals surface area contributed by atoms with Crippen LogP contribution in [0.5, 0.6) is 0 Å². The zero-order chi connectivity index (χ0) is 26.7. The van der Waals surface area contributed by atoms with Gasteiger partial charge in [0.05, 0.1) is 21.8 Å². The van der Waals surface area contributed by atoms with Crippen molar-refractivity contribution in [1.29, 1.82) is 0 Å². The number of nitrogen functional groups attached to an aromatic ring is 1. The first kappa shape index (κ1) is 25.9. The van der Waals surface area contributed by atoms with E-state index in [0.29, 0.717) is 21.3 Å². The van der Waals surface area contributed by atoms with Crippen molar-refractivity contribution in [3.8, 4) is 11.1 Å². The van der Waals surface area contributed by atoms with Crippen molar-refractivity contribution in [3.63, 3.8) is 0 Å². The molecule has 0 spiro atoms. The number of aromatic nitrogens is 3. The molecule has 0 saturated carbocycles. The largest absolute Gasteiger partial charge is 0.381 e. The van der Waals surface area contributed by atoms with Crippen LogP contribution in [0.2, 0.25) is 0 Å². The first-order chi connectivity index (χ1) is 17.6. The van der Waals surface area contributed by atoms with E-state index in [1.807, 2.05) is 0 Å². The van der Waals surface area contributed by atoms with Gasteiger partial charge in [0, 0.05) is 24.0 Å². The third-order valence-electron chi connectivity index (χ3n) is 5.46. The highest BCUT2D eigenvalue weighted by Crippen LogP contribution is 2.30. The van der Waals surface area contributed by atoms with Gasteiger partial charge < -0.3 is 16.8 Å². The van der Waals surface area contributed by atoms with Gasteiger partial charge in [-0.15, -0.1) is 0 Å². The molecule has 0 bridgehead atoms. The lowest BCUT2D eigenvalue weighted by Gasteiger charge is -2.22. The maximum Gasteiger partial charge on any atom is 0.251 e. The lowest BCUT2D eigenvalue weighted by Crippen LogP contribution is -2.33. The predicted molar refractivity (Wildman–Crippen MR) is 133 cm³/mol. The van der Waals surface area contributed by atoms with Gasteiger partial charge in [-0.2, -0.15) is 5.10 Å². The van der Waals surface area contributed by atoms with Gasteiger partial charge in [-0.1, -0.05) is 12.1 Å². The number of hydrogen-bond acceptors (Lipinski definition) is 5. The van der Waals surface area contributed by atoms with Crippen LogP contribution in [0.1, 0.15) is 27.7 Å². The summed E-state index contributed by atoms with van der Waals surface area (Å²) in [5.74, 6) is -3.56. The summed E-state index contributed by atoms with van der Waals surface area (Å²) in [6.45, 7) is -0.200. The van der Waals surface area contributed by atoms with Gasteiger partial charge in [-0.25, -0.2) is 13.2 Å². The van der Waals surface area contributed by atoms with Crippen molar-refractivity contribution < 1.29 is 22.8 Å². The molecule has 0 radical (unpaired) electrons. The molecule has 0 aliphatic heterocycles. The molecule has 2 amide bonds. The second-order valence-electron chi connectivity index (χ2n) is 8.16. The maximum atomic E-state index is 14.1. The summed E-state index contributed by atoms with van der Waals surface area (Å²) in [6.07, 6.45) is 2.98. The summed E-state index contributed by atoms with van der Waals surface area (Å²) < 4.78 is 43.8. The number of amides is 2. The number of primary amides is 1. The van der Waals surface area contributed by atoms with Gasteiger partial charge in [0.15, 0.2) is 5.82 Å². The quantitative estimate of drug-likeness (QED) is 0.295. The second-order valence-corrected chi connectivity index (χ2v) is 9.01. The molecule has 2 aromatic heterocycles. The van der Waals surface area contributed by atoms with Crippen molar-refractivity contribution in [1.82, 2.24) is 20.1 Å². The van der Waals surface area contributed by atoms with Gasteiger partial charge in [0.25, 0.3) is 5.91 Å². The first-order valence-corrected chi connectivity index (χ1v) is 11.7. The van der Waals surface area contributed by atoms with E-state index in [0.717, 1.165) is 24.3 Å². The lowest BCUT2D eigenvalue weighted by molar-refractivity contribution is -0.122. The van der Waals surface area contributed by atoms with Crippen LogP contribution in [0.15, 0.2) is 65.4 Å². The van der Waals surface area contributed by atoms with Crippen molar-refractivity contribution in [2.75, 3.05) is 5.73 Å². The Morgan fingerprint density at radius 3 is 2.46 bits per heavy atom. The van der Waals surface area contributed by atoms with Gasteiger partial charge in [0.1, 0.15) is 24.0 Å². The van der Waals surface area contributed by atoms with Crippen molar-refractivity contribution >= 4 is 33.6 Å². The standard InChI is InChI=1S/C25H20BrF3N6O2/c26-19-11-35(34-24(19)30)12-22(36)33-21(8-13-6-15(27)10-16(28)7-13)23-17(2-1-5-32-23)14-3-4-20(29)18(9-14)25(31)37/h1-7,9-11,21H,8,12H2,(H2,30,34)(H2,31,37)(H,33,36)/t21-/m0/s1. The maximum absolute atomic E-state index is 14.1. The Kier molecular flexibility index (Phi) is 7.58. The number of benzene rings is 2. The molecule has 2 heterocycles. The van der Waals surface area contributed by atoms with Gasteiger partial charge >= 0.3 is 0 Å². The molecule has 0 aliphatic rings. The van der Waals surface area contributed by atoms with E-state index in [1.165, 1.54) is 29.2 Å². The Morgan fingerprint density at radius 1 is 1.08 bits per heavy atom. The monoisotopic (exact) mass is 572 g/mol. The van der Waals surface area contributed by atoms with Gasteiger partial charge in [-0.05, 0) is 63.8 Å². The second kappa shape index (κ2) is 10.8. The number of hydrogen-bond donors (Lipinski definition) is 3. The molecule has 4 aromatic rings. The molecule has 0 fully saturated rings. The van der Waals surface area contributed by atoms with Crippen LogP contribution in [0, 0.1) is 17.5 Å². The zero-order valence-electron chi connectivity index (χ0n) is 19.1. The van der Waals surface area contributed by atoms with E-state index in [1.54, 1.807) is 12.1 Å². The fourth-order valence-corrected chi connectivity index (χ4v) is 4.20. The molecule has 0 unspecified atom stereocenters. The van der Waals surface area contributed by atoms with E-state index >= 15 is 0 Å². The SMILES string of the molecule is NC(=O)c1cc(-c2cccnc2[C@H](Cc2cc(F)cc(F)c2)NC(=O)Cn2cc(Br)c(N)n2)ccc1F. The summed E-state index contributed by atoms with van der Waals surface area (Å²) >= 11 is 3.23. The fraction of sp³-hybridized carbons (Fsp3) is 0.120. The van der Waals surface area contributed by atoms with Crippen molar-refractivity contribution in [3.05, 3.63) is 99.7 Å². The number of carbonyl (C=O) groups is 2. The molecule has 1 atom stereocenters. The lowest BCUT2D eigenvalue weighted by atomic mass is 9.94. The van der Waals surface area contributed by atoms with E-state index in [9.17, 15) is 22.8 Å².